The van der Waals surface area contributed by atoms with E-state index < -0.39 is 0 Å². The van der Waals surface area contributed by atoms with E-state index in [0.29, 0.717) is 18.5 Å². The highest BCUT2D eigenvalue weighted by Gasteiger charge is 2.25. The summed E-state index contributed by atoms with van der Waals surface area (Å²) in [6.07, 6.45) is 6.27. The van der Waals surface area contributed by atoms with Crippen molar-refractivity contribution in [3.05, 3.63) is 0 Å². The Morgan fingerprint density at radius 3 is 2.56 bits per heavy atom. The third kappa shape index (κ3) is 4.12. The third-order valence-corrected chi connectivity index (χ3v) is 3.64. The Balaban J connectivity index is 2.49. The zero-order valence-electron chi connectivity index (χ0n) is 10.9. The van der Waals surface area contributed by atoms with Crippen molar-refractivity contribution in [1.82, 2.24) is 4.90 Å². The van der Waals surface area contributed by atoms with Gasteiger partial charge in [-0.3, -0.25) is 9.69 Å². The summed E-state index contributed by atoms with van der Waals surface area (Å²) in [6, 6.07) is 0.605. The van der Waals surface area contributed by atoms with Gasteiger partial charge in [0, 0.05) is 12.6 Å². The Kier molecular flexibility index (Phi) is 5.81. The highest BCUT2D eigenvalue weighted by Crippen LogP contribution is 2.24. The second kappa shape index (κ2) is 6.89. The normalized spacial score (nSPS) is 19.0. The number of hydrogen-bond acceptors (Lipinski definition) is 3. The number of ether oxygens (including phenoxy) is 1. The van der Waals surface area contributed by atoms with Gasteiger partial charge in [-0.15, -0.1) is 0 Å². The maximum atomic E-state index is 11.4. The van der Waals surface area contributed by atoms with Crippen molar-refractivity contribution >= 4 is 5.97 Å². The maximum absolute atomic E-state index is 11.4. The molecule has 0 aromatic heterocycles. The molecule has 0 spiro atoms. The van der Waals surface area contributed by atoms with Gasteiger partial charge in [0.15, 0.2) is 0 Å². The number of methoxy groups -OCH3 is 1. The fourth-order valence-electron chi connectivity index (χ4n) is 2.37. The average molecular weight is 227 g/mol. The van der Waals surface area contributed by atoms with Crippen molar-refractivity contribution in [2.45, 2.75) is 52.0 Å². The Labute approximate surface area is 99.1 Å². The van der Waals surface area contributed by atoms with Crippen LogP contribution in [0.15, 0.2) is 0 Å². The molecule has 0 aromatic carbocycles. The number of carbonyl (C=O) groups is 1. The second-order valence-electron chi connectivity index (χ2n) is 4.96. The first kappa shape index (κ1) is 13.5. The minimum Gasteiger partial charge on any atom is -0.468 e. The lowest BCUT2D eigenvalue weighted by molar-refractivity contribution is -0.142. The quantitative estimate of drug-likeness (QED) is 0.653. The number of hydrogen-bond donors (Lipinski definition) is 0. The molecule has 3 heteroatoms. The van der Waals surface area contributed by atoms with Crippen LogP contribution in [0.4, 0.5) is 0 Å². The topological polar surface area (TPSA) is 29.5 Å². The van der Waals surface area contributed by atoms with E-state index in [0.717, 1.165) is 6.54 Å². The predicted octanol–water partition coefficient (Wildman–Crippen LogP) is 2.45. The smallest absolute Gasteiger partial charge is 0.319 e. The van der Waals surface area contributed by atoms with Crippen LogP contribution in [0.3, 0.4) is 0 Å². The van der Waals surface area contributed by atoms with Crippen LogP contribution in [0.25, 0.3) is 0 Å². The lowest BCUT2D eigenvalue weighted by atomic mass is 10.1. The molecule has 0 amide bonds. The van der Waals surface area contributed by atoms with Gasteiger partial charge in [-0.25, -0.2) is 0 Å². The summed E-state index contributed by atoms with van der Waals surface area (Å²) in [5.41, 5.74) is 0. The molecule has 0 aliphatic heterocycles. The van der Waals surface area contributed by atoms with Gasteiger partial charge in [0.2, 0.25) is 0 Å². The summed E-state index contributed by atoms with van der Waals surface area (Å²) < 4.78 is 4.77. The lowest BCUT2D eigenvalue weighted by Gasteiger charge is -2.29. The third-order valence-electron chi connectivity index (χ3n) is 3.64. The van der Waals surface area contributed by atoms with Crippen LogP contribution in [-0.2, 0) is 9.53 Å². The first-order valence-corrected chi connectivity index (χ1v) is 6.48. The number of rotatable bonds is 6. The zero-order valence-corrected chi connectivity index (χ0v) is 10.9. The van der Waals surface area contributed by atoms with Gasteiger partial charge in [-0.05, 0) is 18.8 Å². The largest absolute Gasteiger partial charge is 0.468 e. The van der Waals surface area contributed by atoms with Crippen molar-refractivity contribution in [2.75, 3.05) is 20.2 Å². The van der Waals surface area contributed by atoms with Crippen molar-refractivity contribution in [3.63, 3.8) is 0 Å². The molecule has 1 fully saturated rings. The first-order chi connectivity index (χ1) is 7.67. The Hall–Kier alpha value is -0.570. The lowest BCUT2D eigenvalue weighted by Crippen LogP contribution is -2.40. The summed E-state index contributed by atoms with van der Waals surface area (Å²) in [7, 11) is 1.47. The van der Waals surface area contributed by atoms with E-state index >= 15 is 0 Å². The van der Waals surface area contributed by atoms with Crippen LogP contribution < -0.4 is 0 Å². The van der Waals surface area contributed by atoms with E-state index in [1.54, 1.807) is 0 Å². The fourth-order valence-corrected chi connectivity index (χ4v) is 2.37. The minimum absolute atomic E-state index is 0.102. The van der Waals surface area contributed by atoms with Crippen LogP contribution in [0.2, 0.25) is 0 Å². The number of carbonyl (C=O) groups excluding carboxylic acids is 1. The van der Waals surface area contributed by atoms with Crippen LogP contribution >= 0.6 is 0 Å². The van der Waals surface area contributed by atoms with E-state index in [9.17, 15) is 4.79 Å². The SMILES string of the molecule is CCC(C)CN(CC(=O)OC)C1CCCC1. The minimum atomic E-state index is -0.102. The van der Waals surface area contributed by atoms with Crippen LogP contribution in [0.1, 0.15) is 46.0 Å². The molecule has 0 aromatic rings. The molecule has 1 atom stereocenters. The highest BCUT2D eigenvalue weighted by atomic mass is 16.5. The van der Waals surface area contributed by atoms with Gasteiger partial charge in [0.25, 0.3) is 0 Å². The van der Waals surface area contributed by atoms with Gasteiger partial charge in [0.05, 0.1) is 13.7 Å². The van der Waals surface area contributed by atoms with E-state index in [4.69, 9.17) is 4.74 Å². The molecule has 0 radical (unpaired) electrons. The van der Waals surface area contributed by atoms with Crippen molar-refractivity contribution in [3.8, 4) is 0 Å². The van der Waals surface area contributed by atoms with E-state index in [1.807, 2.05) is 0 Å². The summed E-state index contributed by atoms with van der Waals surface area (Å²) in [4.78, 5) is 13.7. The van der Waals surface area contributed by atoms with Gasteiger partial charge in [-0.2, -0.15) is 0 Å². The van der Waals surface area contributed by atoms with Crippen LogP contribution in [-0.4, -0.2) is 37.1 Å². The maximum Gasteiger partial charge on any atom is 0.319 e. The van der Waals surface area contributed by atoms with Gasteiger partial charge >= 0.3 is 5.97 Å². The molecule has 0 bridgehead atoms. The van der Waals surface area contributed by atoms with Crippen LogP contribution in [0, 0.1) is 5.92 Å². The van der Waals surface area contributed by atoms with Crippen molar-refractivity contribution in [1.29, 1.82) is 0 Å². The molecule has 1 rings (SSSR count). The zero-order chi connectivity index (χ0) is 12.0. The molecule has 1 saturated carbocycles. The summed E-state index contributed by atoms with van der Waals surface area (Å²) in [5.74, 6) is 0.556. The molecular weight excluding hydrogens is 202 g/mol. The molecule has 16 heavy (non-hydrogen) atoms. The molecule has 3 nitrogen and oxygen atoms in total. The van der Waals surface area contributed by atoms with Gasteiger partial charge in [-0.1, -0.05) is 33.1 Å². The van der Waals surface area contributed by atoms with Crippen molar-refractivity contribution in [2.24, 2.45) is 5.92 Å². The molecule has 1 unspecified atom stereocenters. The molecule has 0 saturated heterocycles. The molecular formula is C13H25NO2. The highest BCUT2D eigenvalue weighted by molar-refractivity contribution is 5.71. The standard InChI is InChI=1S/C13H25NO2/c1-4-11(2)9-14(10-13(15)16-3)12-7-5-6-8-12/h11-12H,4-10H2,1-3H3. The van der Waals surface area contributed by atoms with Gasteiger partial charge in [0.1, 0.15) is 0 Å². The molecule has 94 valence electrons. The number of nitrogens with zero attached hydrogens (tertiary/aromatic N) is 1. The average Bonchev–Trinajstić information content (AvgIpc) is 2.81. The molecule has 1 aliphatic carbocycles. The summed E-state index contributed by atoms with van der Waals surface area (Å²) >= 11 is 0. The van der Waals surface area contributed by atoms with Crippen LogP contribution in [0.5, 0.6) is 0 Å². The fraction of sp³-hybridized carbons (Fsp3) is 0.923. The van der Waals surface area contributed by atoms with E-state index in [-0.39, 0.29) is 5.97 Å². The Morgan fingerprint density at radius 1 is 1.44 bits per heavy atom. The Morgan fingerprint density at radius 2 is 2.06 bits per heavy atom. The summed E-state index contributed by atoms with van der Waals surface area (Å²) in [6.45, 7) is 5.94. The van der Waals surface area contributed by atoms with Gasteiger partial charge < -0.3 is 4.74 Å². The molecule has 0 N–H and O–H groups in total. The molecule has 0 heterocycles. The Bertz CT molecular complexity index is 212. The molecule has 1 aliphatic rings. The number of esters is 1. The second-order valence-corrected chi connectivity index (χ2v) is 4.96. The van der Waals surface area contributed by atoms with Crippen molar-refractivity contribution < 1.29 is 9.53 Å². The predicted molar refractivity (Wildman–Crippen MR) is 65.3 cm³/mol. The van der Waals surface area contributed by atoms with E-state index in [1.165, 1.54) is 39.2 Å². The summed E-state index contributed by atoms with van der Waals surface area (Å²) in [5, 5.41) is 0. The van der Waals surface area contributed by atoms with E-state index in [2.05, 4.69) is 18.7 Å². The monoisotopic (exact) mass is 227 g/mol. The first-order valence-electron chi connectivity index (χ1n) is 6.48.